The molecule has 92 valence electrons. The molecule has 2 fully saturated rings. The molecule has 0 radical (unpaired) electrons. The van der Waals surface area contributed by atoms with Crippen LogP contribution in [0.15, 0.2) is 0 Å². The first-order chi connectivity index (χ1) is 7.41. The lowest BCUT2D eigenvalue weighted by Crippen LogP contribution is -2.38. The second-order valence-electron chi connectivity index (χ2n) is 6.03. The van der Waals surface area contributed by atoms with E-state index in [0.717, 1.165) is 6.42 Å². The Morgan fingerprint density at radius 2 is 2.12 bits per heavy atom. The molecule has 0 aromatic heterocycles. The van der Waals surface area contributed by atoms with Crippen molar-refractivity contribution in [1.82, 2.24) is 0 Å². The molecule has 2 bridgehead atoms. The van der Waals surface area contributed by atoms with Crippen molar-refractivity contribution < 1.29 is 9.53 Å². The van der Waals surface area contributed by atoms with E-state index in [4.69, 9.17) is 16.3 Å². The summed E-state index contributed by atoms with van der Waals surface area (Å²) in [6.07, 6.45) is 3.95. The lowest BCUT2D eigenvalue weighted by Gasteiger charge is -2.38. The fraction of sp³-hybridized carbons (Fsp3) is 0.923. The summed E-state index contributed by atoms with van der Waals surface area (Å²) in [5, 5.41) is 0. The zero-order chi connectivity index (χ0) is 12.0. The highest BCUT2D eigenvalue weighted by Gasteiger charge is 2.62. The number of carbonyl (C=O) groups excluding carboxylic acids is 1. The van der Waals surface area contributed by atoms with Gasteiger partial charge in [0.05, 0.1) is 6.42 Å². The molecule has 0 aromatic carbocycles. The first-order valence-corrected chi connectivity index (χ1v) is 6.70. The summed E-state index contributed by atoms with van der Waals surface area (Å²) in [6, 6.07) is 0. The number of rotatable bonds is 3. The fourth-order valence-corrected chi connectivity index (χ4v) is 3.76. The molecule has 0 heterocycles. The monoisotopic (exact) mass is 244 g/mol. The van der Waals surface area contributed by atoms with Crippen molar-refractivity contribution in [3.8, 4) is 0 Å². The summed E-state index contributed by atoms with van der Waals surface area (Å²) < 4.78 is 5.60. The van der Waals surface area contributed by atoms with Crippen LogP contribution in [0.2, 0.25) is 0 Å². The van der Waals surface area contributed by atoms with Crippen LogP contribution < -0.4 is 0 Å². The second-order valence-corrected chi connectivity index (χ2v) is 6.41. The van der Waals surface area contributed by atoms with E-state index in [1.54, 1.807) is 0 Å². The number of carbonyl (C=O) groups is 1. The van der Waals surface area contributed by atoms with Crippen molar-refractivity contribution in [1.29, 1.82) is 0 Å². The minimum absolute atomic E-state index is 0.108. The molecule has 16 heavy (non-hydrogen) atoms. The SMILES string of the molecule is CC1(C)C2CCC1(C)C(OC(=O)CCCl)C2. The molecule has 3 heteroatoms. The minimum atomic E-state index is -0.135. The first kappa shape index (κ1) is 12.2. The maximum absolute atomic E-state index is 11.5. The molecule has 2 rings (SSSR count). The summed E-state index contributed by atoms with van der Waals surface area (Å²) in [7, 11) is 0. The minimum Gasteiger partial charge on any atom is -0.462 e. The molecule has 3 atom stereocenters. The van der Waals surface area contributed by atoms with E-state index < -0.39 is 0 Å². The third-order valence-corrected chi connectivity index (χ3v) is 5.48. The number of alkyl halides is 1. The van der Waals surface area contributed by atoms with Crippen LogP contribution in [-0.4, -0.2) is 18.0 Å². The van der Waals surface area contributed by atoms with Crippen LogP contribution in [-0.2, 0) is 9.53 Å². The third-order valence-electron chi connectivity index (χ3n) is 5.29. The van der Waals surface area contributed by atoms with E-state index in [9.17, 15) is 4.79 Å². The smallest absolute Gasteiger partial charge is 0.307 e. The van der Waals surface area contributed by atoms with Gasteiger partial charge in [0.15, 0.2) is 0 Å². The molecular formula is C13H21ClO2. The Hall–Kier alpha value is -0.240. The number of fused-ring (bicyclic) bond motifs is 2. The quantitative estimate of drug-likeness (QED) is 0.562. The first-order valence-electron chi connectivity index (χ1n) is 6.17. The van der Waals surface area contributed by atoms with Gasteiger partial charge in [-0.15, -0.1) is 11.6 Å². The zero-order valence-corrected chi connectivity index (χ0v) is 11.1. The van der Waals surface area contributed by atoms with Crippen LogP contribution in [0.3, 0.4) is 0 Å². The van der Waals surface area contributed by atoms with Gasteiger partial charge in [-0.3, -0.25) is 4.79 Å². The summed E-state index contributed by atoms with van der Waals surface area (Å²) in [5.41, 5.74) is 0.471. The summed E-state index contributed by atoms with van der Waals surface area (Å²) in [5.74, 6) is 0.936. The fourth-order valence-electron chi connectivity index (χ4n) is 3.60. The highest BCUT2D eigenvalue weighted by molar-refractivity contribution is 6.18. The zero-order valence-electron chi connectivity index (χ0n) is 10.4. The van der Waals surface area contributed by atoms with E-state index in [1.165, 1.54) is 12.8 Å². The van der Waals surface area contributed by atoms with Gasteiger partial charge in [-0.1, -0.05) is 20.8 Å². The number of hydrogen-bond acceptors (Lipinski definition) is 2. The average Bonchev–Trinajstić information content (AvgIpc) is 2.51. The molecule has 0 amide bonds. The maximum Gasteiger partial charge on any atom is 0.307 e. The van der Waals surface area contributed by atoms with Crippen LogP contribution >= 0.6 is 11.6 Å². The van der Waals surface area contributed by atoms with Crippen LogP contribution in [0.4, 0.5) is 0 Å². The topological polar surface area (TPSA) is 26.3 Å². The van der Waals surface area contributed by atoms with Gasteiger partial charge in [-0.25, -0.2) is 0 Å². The van der Waals surface area contributed by atoms with Crippen molar-refractivity contribution in [2.24, 2.45) is 16.7 Å². The van der Waals surface area contributed by atoms with Crippen LogP contribution in [0.25, 0.3) is 0 Å². The lowest BCUT2D eigenvalue weighted by molar-refractivity contribution is -0.156. The molecule has 2 nitrogen and oxygen atoms in total. The van der Waals surface area contributed by atoms with Gasteiger partial charge in [0.25, 0.3) is 0 Å². The Bertz CT molecular complexity index is 300. The molecule has 0 aromatic rings. The van der Waals surface area contributed by atoms with Gasteiger partial charge in [0, 0.05) is 11.3 Å². The van der Waals surface area contributed by atoms with Gasteiger partial charge in [0.2, 0.25) is 0 Å². The van der Waals surface area contributed by atoms with E-state index >= 15 is 0 Å². The number of halogens is 1. The Labute approximate surface area is 103 Å². The molecular weight excluding hydrogens is 224 g/mol. The van der Waals surface area contributed by atoms with Crippen LogP contribution in [0.1, 0.15) is 46.5 Å². The van der Waals surface area contributed by atoms with Crippen molar-refractivity contribution >= 4 is 17.6 Å². The molecule has 0 N–H and O–H groups in total. The summed E-state index contributed by atoms with van der Waals surface area (Å²) in [6.45, 7) is 6.92. The van der Waals surface area contributed by atoms with Gasteiger partial charge in [0.1, 0.15) is 6.10 Å². The van der Waals surface area contributed by atoms with Crippen molar-refractivity contribution in [3.63, 3.8) is 0 Å². The number of ether oxygens (including phenoxy) is 1. The van der Waals surface area contributed by atoms with Crippen molar-refractivity contribution in [3.05, 3.63) is 0 Å². The number of hydrogen-bond donors (Lipinski definition) is 0. The van der Waals surface area contributed by atoms with Gasteiger partial charge >= 0.3 is 5.97 Å². The normalized spacial score (nSPS) is 40.0. The van der Waals surface area contributed by atoms with Crippen molar-refractivity contribution in [2.45, 2.75) is 52.6 Å². The van der Waals surface area contributed by atoms with Crippen molar-refractivity contribution in [2.75, 3.05) is 5.88 Å². The molecule has 2 aliphatic carbocycles. The molecule has 2 saturated carbocycles. The largest absolute Gasteiger partial charge is 0.462 e. The number of esters is 1. The highest BCUT2D eigenvalue weighted by atomic mass is 35.5. The molecule has 2 aliphatic rings. The van der Waals surface area contributed by atoms with E-state index in [1.807, 2.05) is 0 Å². The maximum atomic E-state index is 11.5. The van der Waals surface area contributed by atoms with Crippen LogP contribution in [0.5, 0.6) is 0 Å². The third kappa shape index (κ3) is 1.57. The lowest BCUT2D eigenvalue weighted by atomic mass is 9.70. The van der Waals surface area contributed by atoms with Gasteiger partial charge < -0.3 is 4.74 Å². The average molecular weight is 245 g/mol. The predicted molar refractivity (Wildman–Crippen MR) is 64.4 cm³/mol. The Morgan fingerprint density at radius 1 is 1.44 bits per heavy atom. The molecule has 0 aliphatic heterocycles. The molecule has 3 unspecified atom stereocenters. The Balaban J connectivity index is 2.07. The highest BCUT2D eigenvalue weighted by Crippen LogP contribution is 2.66. The second kappa shape index (κ2) is 3.90. The summed E-state index contributed by atoms with van der Waals surface area (Å²) in [4.78, 5) is 11.5. The van der Waals surface area contributed by atoms with E-state index in [-0.39, 0.29) is 17.5 Å². The van der Waals surface area contributed by atoms with Gasteiger partial charge in [-0.05, 0) is 30.6 Å². The molecule has 0 saturated heterocycles. The predicted octanol–water partition coefficient (Wildman–Crippen LogP) is 3.37. The van der Waals surface area contributed by atoms with E-state index in [2.05, 4.69) is 20.8 Å². The van der Waals surface area contributed by atoms with Crippen LogP contribution in [0, 0.1) is 16.7 Å². The summed E-state index contributed by atoms with van der Waals surface area (Å²) >= 11 is 5.55. The van der Waals surface area contributed by atoms with E-state index in [0.29, 0.717) is 23.6 Å². The van der Waals surface area contributed by atoms with Gasteiger partial charge in [-0.2, -0.15) is 0 Å². The standard InChI is InChI=1S/C13H21ClO2/c1-12(2)9-4-6-13(12,3)10(8-9)16-11(15)5-7-14/h9-10H,4-8H2,1-3H3. The Morgan fingerprint density at radius 3 is 2.56 bits per heavy atom. The molecule has 0 spiro atoms. The Kier molecular flexibility index (Phi) is 2.98.